The first-order valence-electron chi connectivity index (χ1n) is 15.5. The van der Waals surface area contributed by atoms with Gasteiger partial charge in [0.15, 0.2) is 0 Å². The van der Waals surface area contributed by atoms with Crippen molar-refractivity contribution in [2.45, 2.75) is 114 Å². The highest BCUT2D eigenvalue weighted by molar-refractivity contribution is 5.96. The van der Waals surface area contributed by atoms with Gasteiger partial charge in [-0.1, -0.05) is 76.5 Å². The number of rotatable bonds is 16. The molecule has 3 N–H and O–H groups in total. The zero-order valence-corrected chi connectivity index (χ0v) is 24.1. The van der Waals surface area contributed by atoms with Gasteiger partial charge in [0.25, 0.3) is 0 Å². The molecule has 222 valence electrons. The fourth-order valence-electron chi connectivity index (χ4n) is 6.32. The molecular weight excluding hydrogens is 508 g/mol. The molecule has 8 heteroatoms. The van der Waals surface area contributed by atoms with Crippen LogP contribution in [0.5, 0.6) is 5.75 Å². The molecule has 0 saturated carbocycles. The molecule has 0 radical (unpaired) electrons. The first-order valence-corrected chi connectivity index (χ1v) is 15.5. The molecule has 0 aromatic heterocycles. The molecule has 0 unspecified atom stereocenters. The van der Waals surface area contributed by atoms with E-state index in [2.05, 4.69) is 12.2 Å². The van der Waals surface area contributed by atoms with Gasteiger partial charge < -0.3 is 29.9 Å². The van der Waals surface area contributed by atoms with Crippen LogP contribution in [-0.4, -0.2) is 77.6 Å². The first kappa shape index (κ1) is 30.5. The van der Waals surface area contributed by atoms with E-state index < -0.39 is 24.2 Å². The number of para-hydroxylation sites is 1. The summed E-state index contributed by atoms with van der Waals surface area (Å²) >= 11 is 0. The zero-order chi connectivity index (χ0) is 28.3. The topological polar surface area (TPSA) is 108 Å². The lowest BCUT2D eigenvalue weighted by atomic mass is 9.77. The van der Waals surface area contributed by atoms with E-state index in [-0.39, 0.29) is 31.1 Å². The van der Waals surface area contributed by atoms with Crippen molar-refractivity contribution in [1.82, 2.24) is 10.2 Å². The molecule has 1 fully saturated rings. The lowest BCUT2D eigenvalue weighted by Crippen LogP contribution is -2.57. The van der Waals surface area contributed by atoms with Gasteiger partial charge in [-0.15, -0.1) is 0 Å². The summed E-state index contributed by atoms with van der Waals surface area (Å²) < 4.78 is 12.1. The number of aliphatic hydroxyl groups excluding tert-OH is 2. The fourth-order valence-corrected chi connectivity index (χ4v) is 6.32. The van der Waals surface area contributed by atoms with Crippen LogP contribution < -0.4 is 10.1 Å². The summed E-state index contributed by atoms with van der Waals surface area (Å²) in [4.78, 5) is 28.7. The van der Waals surface area contributed by atoms with E-state index in [4.69, 9.17) is 9.47 Å². The maximum Gasteiger partial charge on any atom is 0.247 e. The van der Waals surface area contributed by atoms with Crippen LogP contribution in [0.1, 0.15) is 95.5 Å². The highest BCUT2D eigenvalue weighted by Gasteiger charge is 2.50. The SMILES string of the molecule is CCCCCCCCCCCC(=O)N(C[C@H]1CCCO1)[C@@H]1C=C(C(=O)NCCO)[C@@H]2c3ccccc3O[C@@H]2[C@H]1O. The Balaban J connectivity index is 1.48. The maximum absolute atomic E-state index is 13.7. The number of fused-ring (bicyclic) bond motifs is 3. The second-order valence-electron chi connectivity index (χ2n) is 11.4. The van der Waals surface area contributed by atoms with Crippen molar-refractivity contribution in [2.75, 3.05) is 26.3 Å². The Morgan fingerprint density at radius 3 is 2.48 bits per heavy atom. The van der Waals surface area contributed by atoms with Crippen molar-refractivity contribution in [2.24, 2.45) is 0 Å². The number of nitrogens with one attached hydrogen (secondary N) is 1. The van der Waals surface area contributed by atoms with E-state index in [1.54, 1.807) is 11.0 Å². The maximum atomic E-state index is 13.7. The van der Waals surface area contributed by atoms with Gasteiger partial charge in [-0.25, -0.2) is 0 Å². The summed E-state index contributed by atoms with van der Waals surface area (Å²) in [5, 5.41) is 23.7. The average Bonchev–Trinajstić information content (AvgIpc) is 3.62. The molecule has 2 aliphatic heterocycles. The number of amides is 2. The first-order chi connectivity index (χ1) is 19.5. The van der Waals surface area contributed by atoms with Gasteiger partial charge >= 0.3 is 0 Å². The summed E-state index contributed by atoms with van der Waals surface area (Å²) in [6.45, 7) is 3.23. The van der Waals surface area contributed by atoms with Gasteiger partial charge in [-0.05, 0) is 31.4 Å². The van der Waals surface area contributed by atoms with E-state index >= 15 is 0 Å². The second-order valence-corrected chi connectivity index (χ2v) is 11.4. The van der Waals surface area contributed by atoms with E-state index in [1.807, 2.05) is 24.3 Å². The minimum absolute atomic E-state index is 0.0252. The quantitative estimate of drug-likeness (QED) is 0.263. The number of hydrogen-bond acceptors (Lipinski definition) is 6. The van der Waals surface area contributed by atoms with Crippen molar-refractivity contribution >= 4 is 11.8 Å². The molecule has 2 heterocycles. The van der Waals surface area contributed by atoms with Crippen LogP contribution in [0.3, 0.4) is 0 Å². The van der Waals surface area contributed by atoms with Gasteiger partial charge in [0, 0.05) is 37.3 Å². The second kappa shape index (κ2) is 15.5. The van der Waals surface area contributed by atoms with E-state index in [0.717, 1.165) is 37.7 Å². The van der Waals surface area contributed by atoms with Crippen LogP contribution in [-0.2, 0) is 14.3 Å². The minimum Gasteiger partial charge on any atom is -0.486 e. The average molecular weight is 557 g/mol. The molecular formula is C32H48N2O6. The molecule has 2 amide bonds. The van der Waals surface area contributed by atoms with Crippen molar-refractivity contribution in [1.29, 1.82) is 0 Å². The molecule has 1 aromatic rings. The third-order valence-electron chi connectivity index (χ3n) is 8.48. The Hall–Kier alpha value is -2.42. The van der Waals surface area contributed by atoms with Crippen molar-refractivity contribution < 1.29 is 29.3 Å². The predicted octanol–water partition coefficient (Wildman–Crippen LogP) is 4.24. The Kier molecular flexibility index (Phi) is 11.9. The number of unbranched alkanes of at least 4 members (excludes halogenated alkanes) is 8. The number of ether oxygens (including phenoxy) is 2. The van der Waals surface area contributed by atoms with Crippen LogP contribution >= 0.6 is 0 Å². The smallest absolute Gasteiger partial charge is 0.247 e. The Morgan fingerprint density at radius 2 is 1.77 bits per heavy atom. The normalized spacial score (nSPS) is 25.1. The molecule has 1 aromatic carbocycles. The monoisotopic (exact) mass is 556 g/mol. The van der Waals surface area contributed by atoms with E-state index in [9.17, 15) is 19.8 Å². The number of nitrogens with zero attached hydrogens (tertiary/aromatic N) is 1. The molecule has 0 spiro atoms. The summed E-state index contributed by atoms with van der Waals surface area (Å²) in [5.74, 6) is -0.143. The molecule has 1 aliphatic carbocycles. The highest BCUT2D eigenvalue weighted by Crippen LogP contribution is 2.47. The predicted molar refractivity (Wildman–Crippen MR) is 154 cm³/mol. The number of carbonyl (C=O) groups is 2. The van der Waals surface area contributed by atoms with Crippen molar-refractivity contribution in [3.05, 3.63) is 41.5 Å². The van der Waals surface area contributed by atoms with Crippen LogP contribution in [0.4, 0.5) is 0 Å². The largest absolute Gasteiger partial charge is 0.486 e. The summed E-state index contributed by atoms with van der Waals surface area (Å²) in [7, 11) is 0. The van der Waals surface area contributed by atoms with Crippen molar-refractivity contribution in [3.63, 3.8) is 0 Å². The van der Waals surface area contributed by atoms with E-state index in [0.29, 0.717) is 30.9 Å². The molecule has 1 saturated heterocycles. The van der Waals surface area contributed by atoms with Gasteiger partial charge in [0.05, 0.1) is 24.7 Å². The lowest BCUT2D eigenvalue weighted by molar-refractivity contribution is -0.139. The van der Waals surface area contributed by atoms with Gasteiger partial charge in [0.1, 0.15) is 18.0 Å². The van der Waals surface area contributed by atoms with Crippen LogP contribution in [0.15, 0.2) is 35.9 Å². The zero-order valence-electron chi connectivity index (χ0n) is 24.1. The number of carbonyl (C=O) groups excluding carboxylic acids is 2. The molecule has 4 rings (SSSR count). The summed E-state index contributed by atoms with van der Waals surface area (Å²) in [6.07, 6.45) is 12.8. The molecule has 40 heavy (non-hydrogen) atoms. The molecule has 5 atom stereocenters. The van der Waals surface area contributed by atoms with Crippen LogP contribution in [0.2, 0.25) is 0 Å². The number of hydrogen-bond donors (Lipinski definition) is 3. The van der Waals surface area contributed by atoms with Crippen molar-refractivity contribution in [3.8, 4) is 5.75 Å². The summed E-state index contributed by atoms with van der Waals surface area (Å²) in [5.41, 5.74) is 1.31. The number of aliphatic hydroxyl groups is 2. The van der Waals surface area contributed by atoms with Gasteiger partial charge in [0.2, 0.25) is 11.8 Å². The fraction of sp³-hybridized carbons (Fsp3) is 0.688. The molecule has 8 nitrogen and oxygen atoms in total. The Morgan fingerprint density at radius 1 is 1.05 bits per heavy atom. The Labute approximate surface area is 239 Å². The minimum atomic E-state index is -1.000. The highest BCUT2D eigenvalue weighted by atomic mass is 16.5. The van der Waals surface area contributed by atoms with Crippen LogP contribution in [0.25, 0.3) is 0 Å². The van der Waals surface area contributed by atoms with E-state index in [1.165, 1.54) is 38.5 Å². The third kappa shape index (κ3) is 7.65. The summed E-state index contributed by atoms with van der Waals surface area (Å²) in [6, 6.07) is 6.82. The number of benzene rings is 1. The Bertz CT molecular complexity index is 991. The molecule has 3 aliphatic rings. The third-order valence-corrected chi connectivity index (χ3v) is 8.48. The molecule has 0 bridgehead atoms. The standard InChI is InChI=1S/C32H48N2O6/c1-2-3-4-5-6-7-8-9-10-17-28(36)34(22-23-14-13-20-39-23)26-21-25(32(38)33-18-19-35)29-24-15-11-12-16-27(24)40-31(29)30(26)37/h11-12,15-16,21,23,26,29-31,35,37H,2-10,13-14,17-20,22H2,1H3,(H,33,38)/t23-,26-,29+,30+,31+/m1/s1. The van der Waals surface area contributed by atoms with Gasteiger partial charge in [-0.3, -0.25) is 9.59 Å². The van der Waals surface area contributed by atoms with Crippen LogP contribution in [0, 0.1) is 0 Å². The lowest BCUT2D eigenvalue weighted by Gasteiger charge is -2.41. The van der Waals surface area contributed by atoms with Gasteiger partial charge in [-0.2, -0.15) is 0 Å².